The minimum Gasteiger partial charge on any atom is -0.370 e. The summed E-state index contributed by atoms with van der Waals surface area (Å²) in [7, 11) is 0. The summed E-state index contributed by atoms with van der Waals surface area (Å²) in [6, 6.07) is 23.8. The molecule has 0 fully saturated rings. The van der Waals surface area contributed by atoms with Crippen LogP contribution in [0.4, 0.5) is 0 Å². The Morgan fingerprint density at radius 1 is 0.892 bits per heavy atom. The van der Waals surface area contributed by atoms with E-state index in [-0.39, 0.29) is 31.4 Å². The third-order valence-corrected chi connectivity index (χ3v) is 6.67. The molecule has 7 N–H and O–H groups in total. The predicted molar refractivity (Wildman–Crippen MR) is 147 cm³/mol. The highest BCUT2D eigenvalue weighted by atomic mass is 35.5. The summed E-state index contributed by atoms with van der Waals surface area (Å²) in [5.41, 5.74) is 18.7. The van der Waals surface area contributed by atoms with Crippen LogP contribution in [-0.4, -0.2) is 40.7 Å². The van der Waals surface area contributed by atoms with Gasteiger partial charge in [-0.15, -0.1) is 0 Å². The fourth-order valence-electron chi connectivity index (χ4n) is 4.73. The van der Waals surface area contributed by atoms with Gasteiger partial charge in [-0.2, -0.15) is 0 Å². The quantitative estimate of drug-likeness (QED) is 0.189. The Hall–Kier alpha value is -4.30. The van der Waals surface area contributed by atoms with Crippen molar-refractivity contribution in [2.45, 2.75) is 18.4 Å². The average Bonchev–Trinajstić information content (AvgIpc) is 3.30. The monoisotopic (exact) mass is 516 g/mol. The van der Waals surface area contributed by atoms with Crippen LogP contribution in [0.2, 0.25) is 5.02 Å². The standard InChI is InChI=1S/C28H29ClN6O2/c29-22-12-10-21(11-13-22)28(26(30)37,20-6-2-1-3-7-20)35(25(36)14-16-33-27(31)32)17-15-19-18-34-24-9-5-4-8-23(19)24/h1-13,18,34H,14-17H2,(H2,30,37)(H4,31,32,33). The van der Waals surface area contributed by atoms with Gasteiger partial charge in [-0.05, 0) is 41.3 Å². The number of fused-ring (bicyclic) bond motifs is 1. The first-order chi connectivity index (χ1) is 17.8. The molecule has 0 aliphatic carbocycles. The van der Waals surface area contributed by atoms with Gasteiger partial charge < -0.3 is 27.1 Å². The molecule has 1 atom stereocenters. The summed E-state index contributed by atoms with van der Waals surface area (Å²) >= 11 is 6.17. The molecule has 2 amide bonds. The van der Waals surface area contributed by atoms with Gasteiger partial charge in [0.25, 0.3) is 5.91 Å². The van der Waals surface area contributed by atoms with Crippen LogP contribution in [0.25, 0.3) is 10.9 Å². The smallest absolute Gasteiger partial charge is 0.252 e. The van der Waals surface area contributed by atoms with Crippen LogP contribution in [0.5, 0.6) is 0 Å². The summed E-state index contributed by atoms with van der Waals surface area (Å²) in [5.74, 6) is -1.11. The number of nitrogens with two attached hydrogens (primary N) is 3. The van der Waals surface area contributed by atoms with E-state index in [1.54, 1.807) is 36.4 Å². The fraction of sp³-hybridized carbons (Fsp3) is 0.179. The third kappa shape index (κ3) is 5.29. The second-order valence-electron chi connectivity index (χ2n) is 8.66. The van der Waals surface area contributed by atoms with E-state index in [1.165, 1.54) is 4.90 Å². The van der Waals surface area contributed by atoms with Gasteiger partial charge in [-0.1, -0.05) is 72.3 Å². The van der Waals surface area contributed by atoms with Gasteiger partial charge in [0.2, 0.25) is 5.91 Å². The SMILES string of the molecule is NC(=O)C(c1ccccc1)(c1ccc(Cl)cc1)N(CCc1c[nH]c2ccccc12)C(=O)CCN=C(N)N. The van der Waals surface area contributed by atoms with Crippen molar-refractivity contribution in [3.05, 3.63) is 107 Å². The number of nitrogens with zero attached hydrogens (tertiary/aromatic N) is 2. The number of hydrogen-bond donors (Lipinski definition) is 4. The Labute approximate surface area is 220 Å². The lowest BCUT2D eigenvalue weighted by molar-refractivity contribution is -0.144. The zero-order valence-corrected chi connectivity index (χ0v) is 21.0. The van der Waals surface area contributed by atoms with Gasteiger partial charge >= 0.3 is 0 Å². The molecular weight excluding hydrogens is 488 g/mol. The van der Waals surface area contributed by atoms with Crippen LogP contribution in [0.15, 0.2) is 90.1 Å². The first-order valence-electron chi connectivity index (χ1n) is 11.9. The minimum absolute atomic E-state index is 0.0127. The van der Waals surface area contributed by atoms with E-state index in [4.69, 9.17) is 28.8 Å². The lowest BCUT2D eigenvalue weighted by Gasteiger charge is -2.42. The van der Waals surface area contributed by atoms with E-state index >= 15 is 0 Å². The second kappa shape index (κ2) is 11.2. The molecule has 37 heavy (non-hydrogen) atoms. The molecule has 4 rings (SSSR count). The fourth-order valence-corrected chi connectivity index (χ4v) is 4.86. The van der Waals surface area contributed by atoms with Gasteiger partial charge in [-0.3, -0.25) is 14.6 Å². The highest BCUT2D eigenvalue weighted by molar-refractivity contribution is 6.30. The van der Waals surface area contributed by atoms with Crippen molar-refractivity contribution in [1.29, 1.82) is 0 Å². The predicted octanol–water partition coefficient (Wildman–Crippen LogP) is 3.29. The van der Waals surface area contributed by atoms with Crippen molar-refractivity contribution in [2.24, 2.45) is 22.2 Å². The maximum Gasteiger partial charge on any atom is 0.252 e. The van der Waals surface area contributed by atoms with Crippen LogP contribution in [0, 0.1) is 0 Å². The molecule has 190 valence electrons. The van der Waals surface area contributed by atoms with Gasteiger partial charge in [0.05, 0.1) is 6.54 Å². The maximum absolute atomic E-state index is 13.8. The van der Waals surface area contributed by atoms with Crippen LogP contribution < -0.4 is 17.2 Å². The molecule has 0 spiro atoms. The highest BCUT2D eigenvalue weighted by Crippen LogP contribution is 2.38. The molecule has 0 bridgehead atoms. The number of halogens is 1. The molecule has 1 heterocycles. The van der Waals surface area contributed by atoms with Crippen molar-refractivity contribution in [3.63, 3.8) is 0 Å². The van der Waals surface area contributed by atoms with E-state index < -0.39 is 11.4 Å². The average molecular weight is 517 g/mol. The Balaban J connectivity index is 1.85. The van der Waals surface area contributed by atoms with Crippen molar-refractivity contribution in [2.75, 3.05) is 13.1 Å². The molecule has 0 aliphatic rings. The van der Waals surface area contributed by atoms with Crippen LogP contribution >= 0.6 is 11.6 Å². The molecule has 4 aromatic rings. The van der Waals surface area contributed by atoms with E-state index in [0.29, 0.717) is 22.6 Å². The van der Waals surface area contributed by atoms with Crippen molar-refractivity contribution in [1.82, 2.24) is 9.88 Å². The Kier molecular flexibility index (Phi) is 7.79. The Bertz CT molecular complexity index is 1410. The topological polar surface area (TPSA) is 144 Å². The summed E-state index contributed by atoms with van der Waals surface area (Å²) in [6.45, 7) is 0.290. The number of carbonyl (C=O) groups is 2. The number of aromatic amines is 1. The largest absolute Gasteiger partial charge is 0.370 e. The summed E-state index contributed by atoms with van der Waals surface area (Å²) in [5, 5.41) is 1.55. The third-order valence-electron chi connectivity index (χ3n) is 6.42. The van der Waals surface area contributed by atoms with Crippen molar-refractivity contribution in [3.8, 4) is 0 Å². The normalized spacial score (nSPS) is 12.6. The number of aromatic nitrogens is 1. The second-order valence-corrected chi connectivity index (χ2v) is 9.10. The number of para-hydroxylation sites is 1. The molecule has 9 heteroatoms. The number of nitrogens with one attached hydrogen (secondary N) is 1. The number of primary amides is 1. The highest BCUT2D eigenvalue weighted by Gasteiger charge is 2.48. The van der Waals surface area contributed by atoms with E-state index in [2.05, 4.69) is 9.98 Å². The first-order valence-corrected chi connectivity index (χ1v) is 12.2. The van der Waals surface area contributed by atoms with Gasteiger partial charge in [0, 0.05) is 35.1 Å². The molecule has 1 unspecified atom stereocenters. The number of guanidine groups is 1. The van der Waals surface area contributed by atoms with Crippen LogP contribution in [0.3, 0.4) is 0 Å². The van der Waals surface area contributed by atoms with Crippen molar-refractivity contribution < 1.29 is 9.59 Å². The molecule has 3 aromatic carbocycles. The summed E-state index contributed by atoms with van der Waals surface area (Å²) < 4.78 is 0. The number of carbonyl (C=O) groups excluding carboxylic acids is 2. The van der Waals surface area contributed by atoms with Crippen LogP contribution in [-0.2, 0) is 21.5 Å². The van der Waals surface area contributed by atoms with Crippen molar-refractivity contribution >= 4 is 40.3 Å². The lowest BCUT2D eigenvalue weighted by Crippen LogP contribution is -2.58. The summed E-state index contributed by atoms with van der Waals surface area (Å²) in [4.78, 5) is 36.1. The number of rotatable bonds is 10. The molecule has 0 saturated carbocycles. The Morgan fingerprint density at radius 3 is 2.22 bits per heavy atom. The molecule has 0 aliphatic heterocycles. The summed E-state index contributed by atoms with van der Waals surface area (Å²) in [6.07, 6.45) is 2.39. The zero-order valence-electron chi connectivity index (χ0n) is 20.2. The first kappa shape index (κ1) is 25.8. The molecular formula is C28H29ClN6O2. The number of hydrogen-bond acceptors (Lipinski definition) is 3. The van der Waals surface area contributed by atoms with E-state index in [0.717, 1.165) is 16.5 Å². The zero-order chi connectivity index (χ0) is 26.4. The molecule has 0 saturated heterocycles. The van der Waals surface area contributed by atoms with Crippen LogP contribution in [0.1, 0.15) is 23.1 Å². The minimum atomic E-state index is -1.59. The molecule has 8 nitrogen and oxygen atoms in total. The Morgan fingerprint density at radius 2 is 1.54 bits per heavy atom. The van der Waals surface area contributed by atoms with Gasteiger partial charge in [0.15, 0.2) is 11.5 Å². The number of H-pyrrole nitrogens is 1. The van der Waals surface area contributed by atoms with Gasteiger partial charge in [0.1, 0.15) is 0 Å². The van der Waals surface area contributed by atoms with E-state index in [9.17, 15) is 9.59 Å². The molecule has 0 radical (unpaired) electrons. The number of aliphatic imine (C=N–C) groups is 1. The van der Waals surface area contributed by atoms with E-state index in [1.807, 2.05) is 48.7 Å². The maximum atomic E-state index is 13.8. The van der Waals surface area contributed by atoms with Gasteiger partial charge in [-0.25, -0.2) is 0 Å². The molecule has 1 aromatic heterocycles. The number of benzene rings is 3. The number of amides is 2. The lowest BCUT2D eigenvalue weighted by atomic mass is 9.79.